The van der Waals surface area contributed by atoms with Crippen LogP contribution in [0.5, 0.6) is 0 Å². The fraction of sp³-hybridized carbons (Fsp3) is 1.00. The summed E-state index contributed by atoms with van der Waals surface area (Å²) in [5.74, 6) is 0. The molecule has 0 aromatic carbocycles. The van der Waals surface area contributed by atoms with Crippen LogP contribution in [0.4, 0.5) is 0 Å². The molecule has 0 saturated carbocycles. The molecule has 0 spiro atoms. The molecule has 1 heterocycles. The van der Waals surface area contributed by atoms with E-state index in [1.807, 2.05) is 13.8 Å². The zero-order chi connectivity index (χ0) is 11.6. The second-order valence-electron chi connectivity index (χ2n) is 4.18. The summed E-state index contributed by atoms with van der Waals surface area (Å²) in [6.07, 6.45) is 2.99. The van der Waals surface area contributed by atoms with Crippen LogP contribution in [-0.4, -0.2) is 51.7 Å². The predicted molar refractivity (Wildman–Crippen MR) is 63.8 cm³/mol. The summed E-state index contributed by atoms with van der Waals surface area (Å²) in [5.41, 5.74) is 0. The van der Waals surface area contributed by atoms with E-state index in [1.54, 1.807) is 0 Å². The second kappa shape index (κ2) is 8.93. The number of ether oxygens (including phenoxy) is 3. The number of rotatable bonds is 9. The maximum absolute atomic E-state index is 5.58. The molecule has 0 aromatic heterocycles. The first-order chi connectivity index (χ1) is 7.83. The van der Waals surface area contributed by atoms with Crippen molar-refractivity contribution >= 4 is 0 Å². The Morgan fingerprint density at radius 1 is 1.50 bits per heavy atom. The number of hydrogen-bond donors (Lipinski definition) is 1. The zero-order valence-electron chi connectivity index (χ0n) is 10.5. The molecule has 1 aliphatic heterocycles. The third-order valence-corrected chi connectivity index (χ3v) is 2.63. The molecule has 16 heavy (non-hydrogen) atoms. The highest BCUT2D eigenvalue weighted by Crippen LogP contribution is 2.10. The monoisotopic (exact) mass is 231 g/mol. The highest BCUT2D eigenvalue weighted by Gasteiger charge is 2.14. The maximum Gasteiger partial charge on any atom is 0.0781 e. The lowest BCUT2D eigenvalue weighted by Crippen LogP contribution is -2.30. The Hall–Kier alpha value is -0.160. The Kier molecular flexibility index (Phi) is 7.76. The SMILES string of the molecule is CCOCC(C)OCCNCC1CCCO1. The summed E-state index contributed by atoms with van der Waals surface area (Å²) >= 11 is 0. The van der Waals surface area contributed by atoms with E-state index in [2.05, 4.69) is 5.32 Å². The molecule has 1 rings (SSSR count). The van der Waals surface area contributed by atoms with E-state index in [-0.39, 0.29) is 6.10 Å². The van der Waals surface area contributed by atoms with Crippen LogP contribution >= 0.6 is 0 Å². The normalized spacial score (nSPS) is 22.5. The molecule has 96 valence electrons. The van der Waals surface area contributed by atoms with E-state index in [0.29, 0.717) is 12.7 Å². The van der Waals surface area contributed by atoms with Crippen molar-refractivity contribution in [1.82, 2.24) is 5.32 Å². The van der Waals surface area contributed by atoms with Crippen LogP contribution < -0.4 is 5.32 Å². The van der Waals surface area contributed by atoms with Crippen molar-refractivity contribution in [1.29, 1.82) is 0 Å². The quantitative estimate of drug-likeness (QED) is 0.605. The van der Waals surface area contributed by atoms with Crippen LogP contribution in [0, 0.1) is 0 Å². The predicted octanol–water partition coefficient (Wildman–Crippen LogP) is 1.20. The van der Waals surface area contributed by atoms with Gasteiger partial charge in [-0.2, -0.15) is 0 Å². The van der Waals surface area contributed by atoms with Crippen LogP contribution in [0.25, 0.3) is 0 Å². The zero-order valence-corrected chi connectivity index (χ0v) is 10.5. The van der Waals surface area contributed by atoms with E-state index < -0.39 is 0 Å². The molecule has 0 amide bonds. The third-order valence-electron chi connectivity index (χ3n) is 2.63. The highest BCUT2D eigenvalue weighted by molar-refractivity contribution is 4.67. The third kappa shape index (κ3) is 6.43. The second-order valence-corrected chi connectivity index (χ2v) is 4.18. The average Bonchev–Trinajstić information content (AvgIpc) is 2.79. The first kappa shape index (κ1) is 13.9. The molecular weight excluding hydrogens is 206 g/mol. The topological polar surface area (TPSA) is 39.7 Å². The lowest BCUT2D eigenvalue weighted by atomic mass is 10.2. The minimum Gasteiger partial charge on any atom is -0.379 e. The fourth-order valence-electron chi connectivity index (χ4n) is 1.73. The molecule has 4 heteroatoms. The molecule has 2 unspecified atom stereocenters. The summed E-state index contributed by atoms with van der Waals surface area (Å²) in [6.45, 7) is 8.97. The Balaban J connectivity index is 1.83. The van der Waals surface area contributed by atoms with Gasteiger partial charge in [-0.05, 0) is 26.7 Å². The molecule has 1 fully saturated rings. The van der Waals surface area contributed by atoms with E-state index >= 15 is 0 Å². The van der Waals surface area contributed by atoms with Gasteiger partial charge >= 0.3 is 0 Å². The van der Waals surface area contributed by atoms with E-state index in [0.717, 1.165) is 32.9 Å². The van der Waals surface area contributed by atoms with Crippen LogP contribution in [0.1, 0.15) is 26.7 Å². The van der Waals surface area contributed by atoms with Gasteiger partial charge in [0.05, 0.1) is 25.4 Å². The van der Waals surface area contributed by atoms with Crippen LogP contribution in [0.15, 0.2) is 0 Å². The molecule has 2 atom stereocenters. The van der Waals surface area contributed by atoms with E-state index in [1.165, 1.54) is 12.8 Å². The van der Waals surface area contributed by atoms with E-state index in [9.17, 15) is 0 Å². The largest absolute Gasteiger partial charge is 0.379 e. The summed E-state index contributed by atoms with van der Waals surface area (Å²) in [6, 6.07) is 0. The highest BCUT2D eigenvalue weighted by atomic mass is 16.5. The standard InChI is InChI=1S/C12H25NO3/c1-3-14-10-11(2)15-8-6-13-9-12-5-4-7-16-12/h11-13H,3-10H2,1-2H3. The molecule has 1 N–H and O–H groups in total. The summed E-state index contributed by atoms with van der Waals surface area (Å²) in [4.78, 5) is 0. The van der Waals surface area contributed by atoms with Crippen molar-refractivity contribution in [3.63, 3.8) is 0 Å². The first-order valence-corrected chi connectivity index (χ1v) is 6.34. The van der Waals surface area contributed by atoms with Gasteiger partial charge in [-0.1, -0.05) is 0 Å². The Morgan fingerprint density at radius 2 is 2.38 bits per heavy atom. The van der Waals surface area contributed by atoms with Crippen molar-refractivity contribution in [3.8, 4) is 0 Å². The van der Waals surface area contributed by atoms with Gasteiger partial charge in [-0.15, -0.1) is 0 Å². The Bertz CT molecular complexity index is 160. The molecule has 1 saturated heterocycles. The van der Waals surface area contributed by atoms with Gasteiger partial charge in [0.25, 0.3) is 0 Å². The van der Waals surface area contributed by atoms with Crippen molar-refractivity contribution in [3.05, 3.63) is 0 Å². The molecule has 0 aromatic rings. The van der Waals surface area contributed by atoms with Crippen LogP contribution in [0.3, 0.4) is 0 Å². The Labute approximate surface area is 98.6 Å². The van der Waals surface area contributed by atoms with E-state index in [4.69, 9.17) is 14.2 Å². The minimum atomic E-state index is 0.185. The van der Waals surface area contributed by atoms with Crippen LogP contribution in [-0.2, 0) is 14.2 Å². The van der Waals surface area contributed by atoms with Gasteiger partial charge in [0.1, 0.15) is 0 Å². The van der Waals surface area contributed by atoms with Crippen molar-refractivity contribution in [2.24, 2.45) is 0 Å². The van der Waals surface area contributed by atoms with Crippen molar-refractivity contribution in [2.45, 2.75) is 38.9 Å². The maximum atomic E-state index is 5.58. The lowest BCUT2D eigenvalue weighted by Gasteiger charge is -2.14. The van der Waals surface area contributed by atoms with Crippen molar-refractivity contribution < 1.29 is 14.2 Å². The average molecular weight is 231 g/mol. The van der Waals surface area contributed by atoms with Gasteiger partial charge < -0.3 is 19.5 Å². The molecule has 4 nitrogen and oxygen atoms in total. The van der Waals surface area contributed by atoms with Gasteiger partial charge in [-0.25, -0.2) is 0 Å². The lowest BCUT2D eigenvalue weighted by molar-refractivity contribution is -0.00262. The molecule has 0 radical (unpaired) electrons. The Morgan fingerprint density at radius 3 is 3.06 bits per heavy atom. The summed E-state index contributed by atoms with van der Waals surface area (Å²) < 4.78 is 16.4. The fourth-order valence-corrected chi connectivity index (χ4v) is 1.73. The van der Waals surface area contributed by atoms with Crippen molar-refractivity contribution in [2.75, 3.05) is 39.5 Å². The first-order valence-electron chi connectivity index (χ1n) is 6.34. The van der Waals surface area contributed by atoms with Crippen LogP contribution in [0.2, 0.25) is 0 Å². The van der Waals surface area contributed by atoms with Gasteiger partial charge in [0.15, 0.2) is 0 Å². The smallest absolute Gasteiger partial charge is 0.0781 e. The number of hydrogen-bond acceptors (Lipinski definition) is 4. The van der Waals surface area contributed by atoms with Gasteiger partial charge in [-0.3, -0.25) is 0 Å². The van der Waals surface area contributed by atoms with Gasteiger partial charge in [0.2, 0.25) is 0 Å². The summed E-state index contributed by atoms with van der Waals surface area (Å²) in [7, 11) is 0. The van der Waals surface area contributed by atoms with Gasteiger partial charge in [0, 0.05) is 26.3 Å². The minimum absolute atomic E-state index is 0.185. The summed E-state index contributed by atoms with van der Waals surface area (Å²) in [5, 5.41) is 3.35. The molecule has 1 aliphatic rings. The number of nitrogens with one attached hydrogen (secondary N) is 1. The molecule has 0 bridgehead atoms. The molecular formula is C12H25NO3. The molecule has 0 aliphatic carbocycles.